The Morgan fingerprint density at radius 1 is 1.70 bits per heavy atom. The Labute approximate surface area is 65.1 Å². The first-order valence-electron chi connectivity index (χ1n) is 3.62. The van der Waals surface area contributed by atoms with E-state index in [-0.39, 0.29) is 5.78 Å². The summed E-state index contributed by atoms with van der Waals surface area (Å²) < 4.78 is 0. The van der Waals surface area contributed by atoms with Gasteiger partial charge >= 0.3 is 0 Å². The first-order valence-corrected chi connectivity index (χ1v) is 4.00. The highest BCUT2D eigenvalue weighted by Gasteiger charge is 2.43. The first kappa shape index (κ1) is 6.41. The lowest BCUT2D eigenvalue weighted by atomic mass is 9.94. The zero-order valence-electron chi connectivity index (χ0n) is 5.64. The molecule has 1 nitrogen and oxygen atoms in total. The van der Waals surface area contributed by atoms with E-state index in [1.165, 1.54) is 0 Å². The van der Waals surface area contributed by atoms with Crippen molar-refractivity contribution >= 4 is 17.4 Å². The number of hydrogen-bond donors (Lipinski definition) is 0. The second-order valence-electron chi connectivity index (χ2n) is 3.19. The van der Waals surface area contributed by atoms with Crippen LogP contribution < -0.4 is 0 Å². The van der Waals surface area contributed by atoms with Gasteiger partial charge in [0.05, 0.1) is 0 Å². The third-order valence-electron chi connectivity index (χ3n) is 2.46. The molecule has 1 fully saturated rings. The molecule has 54 valence electrons. The molecule has 2 unspecified atom stereocenters. The molecule has 0 aromatic heterocycles. The number of halogens is 1. The molecular weight excluding hydrogens is 148 g/mol. The highest BCUT2D eigenvalue weighted by Crippen LogP contribution is 2.44. The van der Waals surface area contributed by atoms with E-state index in [1.807, 2.05) is 6.08 Å². The van der Waals surface area contributed by atoms with E-state index in [1.54, 1.807) is 6.08 Å². The molecule has 0 aromatic carbocycles. The predicted octanol–water partition coefficient (Wildman–Crippen LogP) is 1.90. The van der Waals surface area contributed by atoms with Crippen molar-refractivity contribution in [1.82, 2.24) is 0 Å². The van der Waals surface area contributed by atoms with Crippen molar-refractivity contribution in [2.24, 2.45) is 5.92 Å². The summed E-state index contributed by atoms with van der Waals surface area (Å²) in [5.41, 5.74) is 0. The average molecular weight is 157 g/mol. The van der Waals surface area contributed by atoms with Crippen LogP contribution in [-0.2, 0) is 4.79 Å². The van der Waals surface area contributed by atoms with Gasteiger partial charge in [0.1, 0.15) is 4.87 Å². The summed E-state index contributed by atoms with van der Waals surface area (Å²) in [5.74, 6) is 0.693. The fourth-order valence-electron chi connectivity index (χ4n) is 1.79. The van der Waals surface area contributed by atoms with E-state index < -0.39 is 4.87 Å². The Balaban J connectivity index is 2.38. The highest BCUT2D eigenvalue weighted by molar-refractivity contribution is 6.37. The number of ketones is 1. The zero-order valence-corrected chi connectivity index (χ0v) is 6.40. The van der Waals surface area contributed by atoms with Crippen molar-refractivity contribution in [3.05, 3.63) is 12.2 Å². The number of rotatable bonds is 0. The molecule has 2 rings (SSSR count). The Morgan fingerprint density at radius 2 is 2.50 bits per heavy atom. The van der Waals surface area contributed by atoms with E-state index in [0.29, 0.717) is 5.92 Å². The van der Waals surface area contributed by atoms with Gasteiger partial charge in [-0.2, -0.15) is 0 Å². The second-order valence-corrected chi connectivity index (χ2v) is 3.92. The molecule has 0 aromatic rings. The average Bonchev–Trinajstić information content (AvgIpc) is 2.22. The smallest absolute Gasteiger partial charge is 0.176 e. The summed E-state index contributed by atoms with van der Waals surface area (Å²) >= 11 is 6.05. The van der Waals surface area contributed by atoms with Gasteiger partial charge in [0.25, 0.3) is 0 Å². The second kappa shape index (κ2) is 1.85. The van der Waals surface area contributed by atoms with E-state index in [0.717, 1.165) is 19.3 Å². The minimum Gasteiger partial charge on any atom is -0.293 e. The van der Waals surface area contributed by atoms with Crippen LogP contribution in [0.4, 0.5) is 0 Å². The van der Waals surface area contributed by atoms with E-state index >= 15 is 0 Å². The Hall–Kier alpha value is -0.300. The molecule has 2 atom stereocenters. The monoisotopic (exact) mass is 156 g/mol. The molecule has 2 aliphatic rings. The SMILES string of the molecule is O=C1C=CC2CCC1(Cl)C2. The van der Waals surface area contributed by atoms with Crippen LogP contribution in [0.3, 0.4) is 0 Å². The Kier molecular flexibility index (Phi) is 1.19. The van der Waals surface area contributed by atoms with Crippen LogP contribution in [0.15, 0.2) is 12.2 Å². The fraction of sp³-hybridized carbons (Fsp3) is 0.625. The number of allylic oxidation sites excluding steroid dienone is 2. The van der Waals surface area contributed by atoms with Crippen LogP contribution in [-0.4, -0.2) is 10.7 Å². The van der Waals surface area contributed by atoms with Crippen LogP contribution in [0.5, 0.6) is 0 Å². The van der Waals surface area contributed by atoms with Gasteiger partial charge in [-0.05, 0) is 31.3 Å². The molecule has 2 bridgehead atoms. The molecule has 0 aliphatic heterocycles. The lowest BCUT2D eigenvalue weighted by molar-refractivity contribution is -0.117. The topological polar surface area (TPSA) is 17.1 Å². The third-order valence-corrected chi connectivity index (χ3v) is 2.99. The normalized spacial score (nSPS) is 44.5. The zero-order chi connectivity index (χ0) is 7.19. The molecule has 0 spiro atoms. The lowest BCUT2D eigenvalue weighted by Crippen LogP contribution is -2.29. The summed E-state index contributed by atoms with van der Waals surface area (Å²) in [7, 11) is 0. The number of fused-ring (bicyclic) bond motifs is 2. The fourth-order valence-corrected chi connectivity index (χ4v) is 2.17. The number of carbonyl (C=O) groups is 1. The van der Waals surface area contributed by atoms with Gasteiger partial charge < -0.3 is 0 Å². The minimum absolute atomic E-state index is 0.114. The molecule has 1 saturated carbocycles. The van der Waals surface area contributed by atoms with Gasteiger partial charge in [-0.15, -0.1) is 11.6 Å². The maximum atomic E-state index is 11.2. The van der Waals surface area contributed by atoms with Crippen molar-refractivity contribution in [3.63, 3.8) is 0 Å². The van der Waals surface area contributed by atoms with Crippen LogP contribution in [0.1, 0.15) is 19.3 Å². The van der Waals surface area contributed by atoms with Crippen LogP contribution in [0.2, 0.25) is 0 Å². The molecule has 2 aliphatic carbocycles. The molecule has 0 amide bonds. The summed E-state index contributed by atoms with van der Waals surface area (Å²) in [6, 6.07) is 0. The Morgan fingerprint density at radius 3 is 3.20 bits per heavy atom. The van der Waals surface area contributed by atoms with Crippen molar-refractivity contribution in [2.75, 3.05) is 0 Å². The first-order chi connectivity index (χ1) is 4.71. The lowest BCUT2D eigenvalue weighted by Gasteiger charge is -2.19. The summed E-state index contributed by atoms with van der Waals surface area (Å²) in [6.45, 7) is 0. The van der Waals surface area contributed by atoms with Crippen molar-refractivity contribution < 1.29 is 4.79 Å². The van der Waals surface area contributed by atoms with Crippen LogP contribution >= 0.6 is 11.6 Å². The minimum atomic E-state index is -0.501. The van der Waals surface area contributed by atoms with Crippen molar-refractivity contribution in [3.8, 4) is 0 Å². The molecule has 0 radical (unpaired) electrons. The molecule has 2 heteroatoms. The van der Waals surface area contributed by atoms with E-state index in [4.69, 9.17) is 11.6 Å². The Bertz CT molecular complexity index is 209. The number of carbonyl (C=O) groups excluding carboxylic acids is 1. The summed E-state index contributed by atoms with van der Waals surface area (Å²) in [6.07, 6.45) is 6.46. The maximum absolute atomic E-state index is 11.2. The number of hydrogen-bond acceptors (Lipinski definition) is 1. The van der Waals surface area contributed by atoms with Gasteiger partial charge in [0.2, 0.25) is 0 Å². The largest absolute Gasteiger partial charge is 0.293 e. The summed E-state index contributed by atoms with van der Waals surface area (Å²) in [5, 5.41) is 0. The maximum Gasteiger partial charge on any atom is 0.176 e. The van der Waals surface area contributed by atoms with Gasteiger partial charge in [-0.3, -0.25) is 4.79 Å². The molecule has 0 N–H and O–H groups in total. The molecule has 0 saturated heterocycles. The third kappa shape index (κ3) is 0.734. The van der Waals surface area contributed by atoms with Gasteiger partial charge in [0.15, 0.2) is 5.78 Å². The van der Waals surface area contributed by atoms with Gasteiger partial charge in [0, 0.05) is 0 Å². The standard InChI is InChI=1S/C8H9ClO/c9-8-4-3-6(5-8)1-2-7(8)10/h1-2,6H,3-5H2. The summed E-state index contributed by atoms with van der Waals surface area (Å²) in [4.78, 5) is 10.7. The van der Waals surface area contributed by atoms with E-state index in [9.17, 15) is 4.79 Å². The number of alkyl halides is 1. The molecule has 0 heterocycles. The predicted molar refractivity (Wildman–Crippen MR) is 40.1 cm³/mol. The van der Waals surface area contributed by atoms with E-state index in [2.05, 4.69) is 0 Å². The van der Waals surface area contributed by atoms with Gasteiger partial charge in [-0.25, -0.2) is 0 Å². The van der Waals surface area contributed by atoms with Crippen molar-refractivity contribution in [1.29, 1.82) is 0 Å². The molecular formula is C8H9ClO. The quantitative estimate of drug-likeness (QED) is 0.490. The van der Waals surface area contributed by atoms with Crippen LogP contribution in [0.25, 0.3) is 0 Å². The van der Waals surface area contributed by atoms with Crippen molar-refractivity contribution in [2.45, 2.75) is 24.1 Å². The van der Waals surface area contributed by atoms with Gasteiger partial charge in [-0.1, -0.05) is 6.08 Å². The van der Waals surface area contributed by atoms with Crippen LogP contribution in [0, 0.1) is 5.92 Å². The highest BCUT2D eigenvalue weighted by atomic mass is 35.5. The molecule has 10 heavy (non-hydrogen) atoms.